The van der Waals surface area contributed by atoms with Gasteiger partial charge in [0.25, 0.3) is 0 Å². The van der Waals surface area contributed by atoms with Crippen LogP contribution >= 0.6 is 8.37 Å². The molecule has 10 unspecified atom stereocenters. The molecule has 5 aliphatic rings. The van der Waals surface area contributed by atoms with Crippen molar-refractivity contribution < 1.29 is 0 Å². The van der Waals surface area contributed by atoms with Crippen LogP contribution in [0, 0.1) is 47.3 Å². The van der Waals surface area contributed by atoms with Crippen LogP contribution in [0.1, 0.15) is 78.1 Å². The number of fused-ring (bicyclic) bond motifs is 5. The molecule has 0 spiro atoms. The first-order valence-electron chi connectivity index (χ1n) is 11.1. The Balaban J connectivity index is 1.34. The first-order valence-corrected chi connectivity index (χ1v) is 12.0. The van der Waals surface area contributed by atoms with Gasteiger partial charge in [0.2, 0.25) is 0 Å². The fourth-order valence-corrected chi connectivity index (χ4v) is 9.15. The zero-order chi connectivity index (χ0) is 16.3. The fraction of sp³-hybridized carbons (Fsp3) is 1.00. The summed E-state index contributed by atoms with van der Waals surface area (Å²) in [6.07, 6.45) is 15.3. The molecule has 24 heavy (non-hydrogen) atoms. The molecule has 0 aromatic carbocycles. The van der Waals surface area contributed by atoms with Crippen LogP contribution < -0.4 is 0 Å². The van der Waals surface area contributed by atoms with Crippen molar-refractivity contribution in [2.24, 2.45) is 52.1 Å². The van der Waals surface area contributed by atoms with E-state index in [1.807, 2.05) is 0 Å². The highest BCUT2D eigenvalue weighted by Crippen LogP contribution is 2.57. The Morgan fingerprint density at radius 1 is 0.625 bits per heavy atom. The summed E-state index contributed by atoms with van der Waals surface area (Å²) >= 11 is 0. The molecule has 134 valence electrons. The van der Waals surface area contributed by atoms with Crippen molar-refractivity contribution in [1.82, 2.24) is 0 Å². The Labute approximate surface area is 150 Å². The largest absolute Gasteiger partial charge is 0.265 e. The molecule has 5 rings (SSSR count). The second-order valence-corrected chi connectivity index (χ2v) is 11.6. The molecule has 2 heteroatoms. The Bertz CT molecular complexity index is 458. The molecule has 0 amide bonds. The van der Waals surface area contributed by atoms with Gasteiger partial charge in [0.1, 0.15) is 0 Å². The lowest BCUT2D eigenvalue weighted by atomic mass is 9.56. The third-order valence-electron chi connectivity index (χ3n) is 8.94. The number of hydrogen-bond acceptors (Lipinski definition) is 1. The minimum atomic E-state index is 0.749. The van der Waals surface area contributed by atoms with E-state index in [1.165, 1.54) is 53.3 Å². The minimum absolute atomic E-state index is 0.749. The normalized spacial score (nSPS) is 57.2. The summed E-state index contributed by atoms with van der Waals surface area (Å²) in [6.45, 7) is 4.98. The first-order chi connectivity index (χ1) is 11.7. The number of hydrogen-bond donors (Lipinski definition) is 0. The second-order valence-electron chi connectivity index (χ2n) is 10.5. The highest BCUT2D eigenvalue weighted by atomic mass is 31.1. The van der Waals surface area contributed by atoms with Gasteiger partial charge >= 0.3 is 0 Å². The van der Waals surface area contributed by atoms with E-state index >= 15 is 0 Å². The van der Waals surface area contributed by atoms with Gasteiger partial charge in [-0.1, -0.05) is 26.7 Å². The van der Waals surface area contributed by atoms with E-state index in [1.54, 1.807) is 19.3 Å². The summed E-state index contributed by atoms with van der Waals surface area (Å²) < 4.78 is 5.28. The van der Waals surface area contributed by atoms with Gasteiger partial charge in [-0.3, -0.25) is 4.74 Å². The van der Waals surface area contributed by atoms with E-state index in [0.29, 0.717) is 0 Å². The maximum atomic E-state index is 5.28. The summed E-state index contributed by atoms with van der Waals surface area (Å²) in [7, 11) is 1.51. The molecule has 4 saturated carbocycles. The highest BCUT2D eigenvalue weighted by Gasteiger charge is 2.49. The van der Waals surface area contributed by atoms with Crippen LogP contribution in [-0.4, -0.2) is 11.7 Å². The topological polar surface area (TPSA) is 12.4 Å². The molecule has 10 atom stereocenters. The van der Waals surface area contributed by atoms with Crippen molar-refractivity contribution in [2.45, 2.75) is 89.8 Å². The van der Waals surface area contributed by atoms with Crippen molar-refractivity contribution in [3.63, 3.8) is 0 Å². The SMILES string of the molecule is CC1CCC2CC3C(CC2C1)N=PC1CC2CC(C)CCC2CC13. The molecule has 0 saturated heterocycles. The van der Waals surface area contributed by atoms with E-state index in [9.17, 15) is 0 Å². The van der Waals surface area contributed by atoms with E-state index < -0.39 is 0 Å². The van der Waals surface area contributed by atoms with Crippen LogP contribution in [-0.2, 0) is 0 Å². The number of rotatable bonds is 0. The molecule has 0 aromatic heterocycles. The summed E-state index contributed by atoms with van der Waals surface area (Å²) in [4.78, 5) is 0. The molecule has 1 nitrogen and oxygen atoms in total. The van der Waals surface area contributed by atoms with Crippen LogP contribution in [0.2, 0.25) is 0 Å². The predicted molar refractivity (Wildman–Crippen MR) is 102 cm³/mol. The third kappa shape index (κ3) is 2.82. The van der Waals surface area contributed by atoms with Gasteiger partial charge in [0, 0.05) is 14.0 Å². The van der Waals surface area contributed by atoms with E-state index in [2.05, 4.69) is 13.8 Å². The van der Waals surface area contributed by atoms with Gasteiger partial charge in [-0.2, -0.15) is 0 Å². The number of nitrogens with zero attached hydrogens (tertiary/aromatic N) is 1. The molecular formula is C22H36NP. The highest BCUT2D eigenvalue weighted by molar-refractivity contribution is 7.27. The fourth-order valence-electron chi connectivity index (χ4n) is 7.66. The predicted octanol–water partition coefficient (Wildman–Crippen LogP) is 6.79. The maximum absolute atomic E-state index is 5.28. The summed E-state index contributed by atoms with van der Waals surface area (Å²) in [6, 6.07) is 0.749. The van der Waals surface area contributed by atoms with Crippen LogP contribution in [0.4, 0.5) is 0 Å². The Hall–Kier alpha value is 0.100. The first kappa shape index (κ1) is 16.3. The molecular weight excluding hydrogens is 309 g/mol. The average molecular weight is 346 g/mol. The molecule has 1 heterocycles. The van der Waals surface area contributed by atoms with Gasteiger partial charge in [-0.15, -0.1) is 0 Å². The third-order valence-corrected chi connectivity index (χ3v) is 10.3. The van der Waals surface area contributed by atoms with Crippen LogP contribution in [0.25, 0.3) is 0 Å². The molecule has 4 fully saturated rings. The minimum Gasteiger partial charge on any atom is -0.265 e. The lowest BCUT2D eigenvalue weighted by Crippen LogP contribution is -2.48. The molecule has 1 aliphatic heterocycles. The zero-order valence-electron chi connectivity index (χ0n) is 15.7. The summed E-state index contributed by atoms with van der Waals surface area (Å²) in [5.74, 6) is 8.23. The molecule has 4 aliphatic carbocycles. The van der Waals surface area contributed by atoms with Crippen LogP contribution in [0.5, 0.6) is 0 Å². The Morgan fingerprint density at radius 3 is 1.96 bits per heavy atom. The Kier molecular flexibility index (Phi) is 4.32. The lowest BCUT2D eigenvalue weighted by molar-refractivity contribution is 0.0210. The van der Waals surface area contributed by atoms with E-state index in [-0.39, 0.29) is 0 Å². The molecule has 0 bridgehead atoms. The van der Waals surface area contributed by atoms with Gasteiger partial charge in [0.15, 0.2) is 0 Å². The van der Waals surface area contributed by atoms with Crippen molar-refractivity contribution in [1.29, 1.82) is 0 Å². The van der Waals surface area contributed by atoms with Crippen molar-refractivity contribution in [3.05, 3.63) is 0 Å². The zero-order valence-corrected chi connectivity index (χ0v) is 16.6. The van der Waals surface area contributed by atoms with Gasteiger partial charge in [-0.05, 0) is 98.7 Å². The van der Waals surface area contributed by atoms with Crippen molar-refractivity contribution in [2.75, 3.05) is 0 Å². The van der Waals surface area contributed by atoms with Gasteiger partial charge in [0.05, 0.1) is 6.04 Å². The lowest BCUT2D eigenvalue weighted by Gasteiger charge is -2.53. The van der Waals surface area contributed by atoms with Crippen LogP contribution in [0.3, 0.4) is 0 Å². The van der Waals surface area contributed by atoms with Gasteiger partial charge < -0.3 is 0 Å². The van der Waals surface area contributed by atoms with Crippen molar-refractivity contribution >= 4 is 8.37 Å². The Morgan fingerprint density at radius 2 is 1.25 bits per heavy atom. The van der Waals surface area contributed by atoms with Crippen molar-refractivity contribution in [3.8, 4) is 0 Å². The molecule has 0 radical (unpaired) electrons. The summed E-state index contributed by atoms with van der Waals surface area (Å²) in [5.41, 5.74) is 0.942. The maximum Gasteiger partial charge on any atom is 0.0577 e. The van der Waals surface area contributed by atoms with E-state index in [4.69, 9.17) is 4.74 Å². The smallest absolute Gasteiger partial charge is 0.0577 e. The molecule has 0 aromatic rings. The quantitative estimate of drug-likeness (QED) is 0.428. The van der Waals surface area contributed by atoms with Crippen LogP contribution in [0.15, 0.2) is 4.74 Å². The van der Waals surface area contributed by atoms with Gasteiger partial charge in [-0.25, -0.2) is 0 Å². The monoisotopic (exact) mass is 345 g/mol. The summed E-state index contributed by atoms with van der Waals surface area (Å²) in [5, 5.41) is 0. The molecule has 0 N–H and O–H groups in total. The second kappa shape index (κ2) is 6.37. The van der Waals surface area contributed by atoms with E-state index in [0.717, 1.165) is 59.0 Å². The average Bonchev–Trinajstić information content (AvgIpc) is 2.58. The standard InChI is InChI=1S/C22H36NP/c1-13-3-5-15-9-19-20-10-16-6-4-14(2)8-18(16)12-22(20)24-23-21(19)11-17(15)7-13/h13-22H,3-12H2,1-2H3.